The predicted molar refractivity (Wildman–Crippen MR) is 146 cm³/mol. The molecule has 0 bridgehead atoms. The molecule has 8 nitrogen and oxygen atoms in total. The Morgan fingerprint density at radius 1 is 1.11 bits per heavy atom. The lowest BCUT2D eigenvalue weighted by molar-refractivity contribution is -0.127. The maximum Gasteiger partial charge on any atom is 0.339 e. The quantitative estimate of drug-likeness (QED) is 0.267. The first-order valence-electron chi connectivity index (χ1n) is 11.9. The molecular formula is C27H26ClN3O5S. The number of thioether (sulfide) groups is 1. The lowest BCUT2D eigenvalue weighted by atomic mass is 10.1. The molecule has 0 radical (unpaired) electrons. The number of benzene rings is 2. The van der Waals surface area contributed by atoms with Crippen molar-refractivity contribution in [3.63, 3.8) is 0 Å². The first-order chi connectivity index (χ1) is 17.8. The summed E-state index contributed by atoms with van der Waals surface area (Å²) in [5, 5.41) is 3.26. The zero-order valence-electron chi connectivity index (χ0n) is 20.5. The normalized spacial score (nSPS) is 14.6. The van der Waals surface area contributed by atoms with Crippen molar-refractivity contribution in [3.05, 3.63) is 69.7 Å². The van der Waals surface area contributed by atoms with Gasteiger partial charge in [0.2, 0.25) is 5.91 Å². The van der Waals surface area contributed by atoms with Crippen molar-refractivity contribution in [2.75, 3.05) is 18.5 Å². The number of rotatable bonds is 9. The molecule has 10 heteroatoms. The second kappa shape index (κ2) is 11.7. The van der Waals surface area contributed by atoms with Crippen LogP contribution in [0.15, 0.2) is 53.6 Å². The molecular weight excluding hydrogens is 514 g/mol. The van der Waals surface area contributed by atoms with E-state index < -0.39 is 29.6 Å². The summed E-state index contributed by atoms with van der Waals surface area (Å²) in [6.07, 6.45) is 5.29. The highest BCUT2D eigenvalue weighted by molar-refractivity contribution is 8.18. The summed E-state index contributed by atoms with van der Waals surface area (Å²) in [4.78, 5) is 51.7. The molecule has 3 aromatic rings. The van der Waals surface area contributed by atoms with E-state index in [1.165, 1.54) is 18.2 Å². The molecule has 1 aliphatic heterocycles. The van der Waals surface area contributed by atoms with E-state index in [1.807, 2.05) is 37.4 Å². The monoisotopic (exact) mass is 539 g/mol. The Hall–Kier alpha value is -3.56. The number of halogens is 1. The first-order valence-corrected chi connectivity index (χ1v) is 13.1. The van der Waals surface area contributed by atoms with Crippen LogP contribution in [0.4, 0.5) is 10.5 Å². The largest absolute Gasteiger partial charge is 0.462 e. The number of carbonyl (C=O) groups excluding carboxylic acids is 4. The van der Waals surface area contributed by atoms with E-state index in [0.29, 0.717) is 12.1 Å². The van der Waals surface area contributed by atoms with E-state index in [2.05, 4.69) is 16.8 Å². The van der Waals surface area contributed by atoms with Gasteiger partial charge in [-0.3, -0.25) is 19.3 Å². The van der Waals surface area contributed by atoms with E-state index in [9.17, 15) is 19.2 Å². The summed E-state index contributed by atoms with van der Waals surface area (Å²) in [6.45, 7) is 4.58. The van der Waals surface area contributed by atoms with Gasteiger partial charge in [-0.15, -0.1) is 0 Å². The van der Waals surface area contributed by atoms with Gasteiger partial charge >= 0.3 is 5.97 Å². The van der Waals surface area contributed by atoms with Gasteiger partial charge < -0.3 is 14.6 Å². The number of anilines is 1. The van der Waals surface area contributed by atoms with Gasteiger partial charge in [-0.1, -0.05) is 43.6 Å². The predicted octanol–water partition coefficient (Wildman–Crippen LogP) is 5.95. The van der Waals surface area contributed by atoms with Crippen LogP contribution in [0.3, 0.4) is 0 Å². The minimum Gasteiger partial charge on any atom is -0.462 e. The molecule has 1 N–H and O–H groups in total. The van der Waals surface area contributed by atoms with Gasteiger partial charge in [0.05, 0.1) is 22.1 Å². The fraction of sp³-hybridized carbons (Fsp3) is 0.259. The number of nitrogens with zero attached hydrogens (tertiary/aromatic N) is 2. The third kappa shape index (κ3) is 5.89. The lowest BCUT2D eigenvalue weighted by Gasteiger charge is -2.13. The summed E-state index contributed by atoms with van der Waals surface area (Å²) in [6, 6.07) is 12.3. The maximum atomic E-state index is 13.0. The third-order valence-electron chi connectivity index (χ3n) is 5.65. The molecule has 3 amide bonds. The number of nitrogens with one attached hydrogen (secondary N) is 1. The molecule has 1 aromatic heterocycles. The minimum absolute atomic E-state index is 0.115. The van der Waals surface area contributed by atoms with E-state index in [4.69, 9.17) is 16.3 Å². The SMILES string of the molecule is CCCOC(=O)c1cc(NC(=O)CN2C(=O)S/C(=C\c3cn(CCC)c4ccccc34)C2=O)ccc1Cl. The molecule has 192 valence electrons. The highest BCUT2D eigenvalue weighted by atomic mass is 35.5. The number of carbonyl (C=O) groups is 4. The minimum atomic E-state index is -0.598. The van der Waals surface area contributed by atoms with Crippen LogP contribution in [0.25, 0.3) is 17.0 Å². The highest BCUT2D eigenvalue weighted by Crippen LogP contribution is 2.34. The van der Waals surface area contributed by atoms with Crippen molar-refractivity contribution in [2.45, 2.75) is 33.2 Å². The van der Waals surface area contributed by atoms with E-state index in [1.54, 1.807) is 6.08 Å². The van der Waals surface area contributed by atoms with Crippen molar-refractivity contribution in [3.8, 4) is 0 Å². The Balaban J connectivity index is 1.48. The molecule has 1 saturated heterocycles. The Bertz CT molecular complexity index is 1410. The van der Waals surface area contributed by atoms with Gasteiger partial charge in [0.1, 0.15) is 6.54 Å². The third-order valence-corrected chi connectivity index (χ3v) is 6.89. The Morgan fingerprint density at radius 2 is 1.89 bits per heavy atom. The zero-order valence-corrected chi connectivity index (χ0v) is 22.0. The standard InChI is InChI=1S/C27H26ClN3O5S/c1-3-11-30-15-17(19-7-5-6-8-22(19)30)13-23-25(33)31(27(35)37-23)16-24(32)29-18-9-10-21(28)20(14-18)26(34)36-12-4-2/h5-10,13-15H,3-4,11-12,16H2,1-2H3,(H,29,32)/b23-13-. The summed E-state index contributed by atoms with van der Waals surface area (Å²) >= 11 is 6.90. The van der Waals surface area contributed by atoms with Crippen molar-refractivity contribution >= 4 is 69.1 Å². The lowest BCUT2D eigenvalue weighted by Crippen LogP contribution is -2.36. The summed E-state index contributed by atoms with van der Waals surface area (Å²) in [5.41, 5.74) is 2.30. The number of hydrogen-bond donors (Lipinski definition) is 1. The second-order valence-corrected chi connectivity index (χ2v) is 9.84. The molecule has 2 aromatic carbocycles. The Morgan fingerprint density at radius 3 is 2.65 bits per heavy atom. The van der Waals surface area contributed by atoms with Crippen LogP contribution in [0.5, 0.6) is 0 Å². The molecule has 0 atom stereocenters. The number of imide groups is 1. The number of para-hydroxylation sites is 1. The number of fused-ring (bicyclic) bond motifs is 1. The molecule has 4 rings (SSSR count). The average molecular weight is 540 g/mol. The molecule has 0 unspecified atom stereocenters. The molecule has 0 spiro atoms. The van der Waals surface area contributed by atoms with Gasteiger partial charge in [-0.2, -0.15) is 0 Å². The van der Waals surface area contributed by atoms with Crippen molar-refractivity contribution in [1.29, 1.82) is 0 Å². The first kappa shape index (κ1) is 26.5. The molecule has 2 heterocycles. The topological polar surface area (TPSA) is 97.7 Å². The average Bonchev–Trinajstić information content (AvgIpc) is 3.36. The maximum absolute atomic E-state index is 13.0. The smallest absolute Gasteiger partial charge is 0.339 e. The summed E-state index contributed by atoms with van der Waals surface area (Å²) in [5.74, 6) is -1.71. The van der Waals surface area contributed by atoms with Crippen LogP contribution in [0.2, 0.25) is 5.02 Å². The van der Waals surface area contributed by atoms with Crippen molar-refractivity contribution < 1.29 is 23.9 Å². The van der Waals surface area contributed by atoms with Crippen LogP contribution in [0, 0.1) is 0 Å². The van der Waals surface area contributed by atoms with Crippen LogP contribution in [0.1, 0.15) is 42.6 Å². The number of amides is 3. The van der Waals surface area contributed by atoms with Gasteiger partial charge in [0.25, 0.3) is 11.1 Å². The number of aromatic nitrogens is 1. The van der Waals surface area contributed by atoms with Crippen LogP contribution in [-0.4, -0.2) is 45.6 Å². The highest BCUT2D eigenvalue weighted by Gasteiger charge is 2.36. The molecule has 0 aliphatic carbocycles. The molecule has 0 saturated carbocycles. The van der Waals surface area contributed by atoms with Crippen LogP contribution in [-0.2, 0) is 20.9 Å². The zero-order chi connectivity index (χ0) is 26.5. The number of aryl methyl sites for hydroxylation is 1. The number of hydrogen-bond acceptors (Lipinski definition) is 6. The molecule has 1 aliphatic rings. The summed E-state index contributed by atoms with van der Waals surface area (Å²) < 4.78 is 7.23. The fourth-order valence-corrected chi connectivity index (χ4v) is 4.99. The van der Waals surface area contributed by atoms with Crippen molar-refractivity contribution in [2.24, 2.45) is 0 Å². The van der Waals surface area contributed by atoms with Crippen LogP contribution < -0.4 is 5.32 Å². The van der Waals surface area contributed by atoms with Gasteiger partial charge in [-0.05, 0) is 54.9 Å². The molecule has 1 fully saturated rings. The van der Waals surface area contributed by atoms with E-state index >= 15 is 0 Å². The Kier molecular flexibility index (Phi) is 8.35. The number of ether oxygens (including phenoxy) is 1. The fourth-order valence-electron chi connectivity index (χ4n) is 3.97. The van der Waals surface area contributed by atoms with Gasteiger partial charge in [0.15, 0.2) is 0 Å². The second-order valence-electron chi connectivity index (χ2n) is 8.44. The summed E-state index contributed by atoms with van der Waals surface area (Å²) in [7, 11) is 0. The van der Waals surface area contributed by atoms with E-state index in [0.717, 1.165) is 46.1 Å². The number of esters is 1. The van der Waals surface area contributed by atoms with Gasteiger partial charge in [0, 0.05) is 34.9 Å². The Labute approximate surface area is 223 Å². The van der Waals surface area contributed by atoms with E-state index in [-0.39, 0.29) is 22.1 Å². The van der Waals surface area contributed by atoms with Crippen molar-refractivity contribution in [1.82, 2.24) is 9.47 Å². The van der Waals surface area contributed by atoms with Crippen LogP contribution >= 0.6 is 23.4 Å². The van der Waals surface area contributed by atoms with Gasteiger partial charge in [-0.25, -0.2) is 4.79 Å². The molecule has 37 heavy (non-hydrogen) atoms.